The van der Waals surface area contributed by atoms with Gasteiger partial charge < -0.3 is 5.32 Å². The lowest BCUT2D eigenvalue weighted by Gasteiger charge is -2.18. The molecule has 7 heteroatoms. The number of carbonyl (C=O) groups is 1. The fraction of sp³-hybridized carbons (Fsp3) is 0.250. The Hall–Kier alpha value is -2.31. The minimum atomic E-state index is -0.432. The maximum absolute atomic E-state index is 12.9. The van der Waals surface area contributed by atoms with Crippen molar-refractivity contribution in [2.45, 2.75) is 37.2 Å². The van der Waals surface area contributed by atoms with Crippen LogP contribution in [-0.4, -0.2) is 20.7 Å². The summed E-state index contributed by atoms with van der Waals surface area (Å²) in [6.45, 7) is 5.66. The number of nitrogens with one attached hydrogen (secondary N) is 1. The molecule has 0 aliphatic rings. The number of fused-ring (bicyclic) bond motifs is 1. The number of amides is 1. The highest BCUT2D eigenvalue weighted by Crippen LogP contribution is 2.25. The van der Waals surface area contributed by atoms with E-state index in [0.29, 0.717) is 26.8 Å². The van der Waals surface area contributed by atoms with Crippen LogP contribution in [-0.2, 0) is 4.79 Å². The second kappa shape index (κ2) is 8.15. The van der Waals surface area contributed by atoms with E-state index < -0.39 is 5.25 Å². The predicted octanol–water partition coefficient (Wildman–Crippen LogP) is 4.75. The van der Waals surface area contributed by atoms with Crippen molar-refractivity contribution in [3.8, 4) is 0 Å². The third-order valence-corrected chi connectivity index (χ3v) is 5.37. The van der Waals surface area contributed by atoms with Crippen LogP contribution in [0.5, 0.6) is 0 Å². The summed E-state index contributed by atoms with van der Waals surface area (Å²) < 4.78 is 1.64. The number of carbonyl (C=O) groups excluding carboxylic acids is 1. The zero-order valence-corrected chi connectivity index (χ0v) is 16.8. The van der Waals surface area contributed by atoms with E-state index in [1.165, 1.54) is 11.8 Å². The fourth-order valence-corrected chi connectivity index (χ4v) is 3.82. The number of thioether (sulfide) groups is 1. The van der Waals surface area contributed by atoms with Crippen molar-refractivity contribution in [3.05, 3.63) is 63.9 Å². The van der Waals surface area contributed by atoms with E-state index in [4.69, 9.17) is 11.6 Å². The highest BCUT2D eigenvalue weighted by molar-refractivity contribution is 8.00. The van der Waals surface area contributed by atoms with Gasteiger partial charge in [-0.25, -0.2) is 4.98 Å². The number of halogens is 1. The molecular weight excluding hydrogens is 382 g/mol. The number of benzene rings is 2. The molecule has 27 heavy (non-hydrogen) atoms. The van der Waals surface area contributed by atoms with Gasteiger partial charge in [-0.05, 0) is 57.2 Å². The monoisotopic (exact) mass is 401 g/mol. The van der Waals surface area contributed by atoms with E-state index in [9.17, 15) is 9.59 Å². The maximum Gasteiger partial charge on any atom is 0.262 e. The highest BCUT2D eigenvalue weighted by Gasteiger charge is 2.20. The molecule has 0 saturated carbocycles. The number of rotatable bonds is 5. The Morgan fingerprint density at radius 3 is 2.44 bits per heavy atom. The second-order valence-electron chi connectivity index (χ2n) is 6.44. The van der Waals surface area contributed by atoms with E-state index in [-0.39, 0.29) is 17.5 Å². The van der Waals surface area contributed by atoms with Gasteiger partial charge in [0, 0.05) is 16.8 Å². The van der Waals surface area contributed by atoms with Crippen LogP contribution in [0.2, 0.25) is 5.02 Å². The third-order valence-electron chi connectivity index (χ3n) is 4.06. The number of nitrogens with zero attached hydrogens (tertiary/aromatic N) is 2. The molecule has 0 saturated heterocycles. The number of aromatic nitrogens is 2. The van der Waals surface area contributed by atoms with Crippen molar-refractivity contribution in [1.82, 2.24) is 9.55 Å². The van der Waals surface area contributed by atoms with E-state index in [2.05, 4.69) is 10.3 Å². The molecule has 1 heterocycles. The van der Waals surface area contributed by atoms with E-state index in [1.807, 2.05) is 32.0 Å². The lowest BCUT2D eigenvalue weighted by Crippen LogP contribution is -2.28. The van der Waals surface area contributed by atoms with Crippen molar-refractivity contribution in [2.75, 3.05) is 5.32 Å². The Balaban J connectivity index is 1.88. The van der Waals surface area contributed by atoms with Gasteiger partial charge in [0.25, 0.3) is 5.56 Å². The molecule has 0 bridgehead atoms. The van der Waals surface area contributed by atoms with Gasteiger partial charge in [-0.1, -0.05) is 35.5 Å². The summed E-state index contributed by atoms with van der Waals surface area (Å²) >= 11 is 7.14. The maximum atomic E-state index is 12.9. The van der Waals surface area contributed by atoms with E-state index in [0.717, 1.165) is 0 Å². The SMILES string of the molecule is CC(C)n1c(S[C@H](C)C(=O)Nc2ccc(Cl)cc2)nc2ccccc2c1=O. The summed E-state index contributed by atoms with van der Waals surface area (Å²) in [6, 6.07) is 14.1. The van der Waals surface area contributed by atoms with Gasteiger partial charge in [-0.2, -0.15) is 0 Å². The zero-order valence-electron chi connectivity index (χ0n) is 15.3. The molecular formula is C20H20ClN3O2S. The Bertz CT molecular complexity index is 1030. The highest BCUT2D eigenvalue weighted by atomic mass is 35.5. The van der Waals surface area contributed by atoms with Gasteiger partial charge in [0.2, 0.25) is 5.91 Å². The summed E-state index contributed by atoms with van der Waals surface area (Å²) in [5.41, 5.74) is 1.21. The predicted molar refractivity (Wildman–Crippen MR) is 112 cm³/mol. The van der Waals surface area contributed by atoms with Crippen molar-refractivity contribution in [2.24, 2.45) is 0 Å². The Morgan fingerprint density at radius 1 is 1.11 bits per heavy atom. The Labute approximate surface area is 166 Å². The molecule has 0 fully saturated rings. The molecule has 0 unspecified atom stereocenters. The van der Waals surface area contributed by atoms with Gasteiger partial charge in [-0.15, -0.1) is 0 Å². The molecule has 3 rings (SSSR count). The van der Waals surface area contributed by atoms with Crippen LogP contribution in [0.1, 0.15) is 26.8 Å². The van der Waals surface area contributed by atoms with Gasteiger partial charge in [0.05, 0.1) is 16.2 Å². The fourth-order valence-electron chi connectivity index (χ4n) is 2.65. The molecule has 2 aromatic carbocycles. The summed E-state index contributed by atoms with van der Waals surface area (Å²) in [5.74, 6) is -0.167. The van der Waals surface area contributed by atoms with Crippen molar-refractivity contribution < 1.29 is 4.79 Å². The van der Waals surface area contributed by atoms with Crippen LogP contribution in [0, 0.1) is 0 Å². The smallest absolute Gasteiger partial charge is 0.262 e. The molecule has 3 aromatic rings. The standard InChI is InChI=1S/C20H20ClN3O2S/c1-12(2)24-19(26)16-6-4-5-7-17(16)23-20(24)27-13(3)18(25)22-15-10-8-14(21)9-11-15/h4-13H,1-3H3,(H,22,25)/t13-/m1/s1. The molecule has 140 valence electrons. The van der Waals surface area contributed by atoms with Crippen molar-refractivity contribution in [3.63, 3.8) is 0 Å². The first kappa shape index (κ1) is 19.5. The molecule has 1 aromatic heterocycles. The summed E-state index contributed by atoms with van der Waals surface area (Å²) in [4.78, 5) is 30.0. The van der Waals surface area contributed by atoms with E-state index in [1.54, 1.807) is 41.8 Å². The average molecular weight is 402 g/mol. The number of para-hydroxylation sites is 1. The third kappa shape index (κ3) is 4.34. The van der Waals surface area contributed by atoms with Crippen molar-refractivity contribution >= 4 is 45.9 Å². The van der Waals surface area contributed by atoms with Gasteiger partial charge in [0.1, 0.15) is 0 Å². The molecule has 5 nitrogen and oxygen atoms in total. The van der Waals surface area contributed by atoms with Crippen LogP contribution >= 0.6 is 23.4 Å². The molecule has 0 spiro atoms. The van der Waals surface area contributed by atoms with E-state index >= 15 is 0 Å². The summed E-state index contributed by atoms with van der Waals surface area (Å²) in [5, 5.41) is 4.14. The molecule has 0 aliphatic heterocycles. The normalized spacial score (nSPS) is 12.3. The van der Waals surface area contributed by atoms with Crippen LogP contribution in [0.4, 0.5) is 5.69 Å². The zero-order chi connectivity index (χ0) is 19.6. The second-order valence-corrected chi connectivity index (χ2v) is 8.18. The Kier molecular flexibility index (Phi) is 5.87. The molecule has 0 aliphatic carbocycles. The molecule has 1 atom stereocenters. The summed E-state index contributed by atoms with van der Waals surface area (Å²) in [7, 11) is 0. The number of hydrogen-bond acceptors (Lipinski definition) is 4. The largest absolute Gasteiger partial charge is 0.325 e. The van der Waals surface area contributed by atoms with Gasteiger partial charge in [0.15, 0.2) is 5.16 Å². The topological polar surface area (TPSA) is 64.0 Å². The number of hydrogen-bond donors (Lipinski definition) is 1. The van der Waals surface area contributed by atoms with Crippen LogP contribution in [0.25, 0.3) is 10.9 Å². The van der Waals surface area contributed by atoms with Gasteiger partial charge >= 0.3 is 0 Å². The minimum absolute atomic E-state index is 0.0661. The van der Waals surface area contributed by atoms with Crippen LogP contribution in [0.3, 0.4) is 0 Å². The van der Waals surface area contributed by atoms with Crippen molar-refractivity contribution in [1.29, 1.82) is 0 Å². The molecule has 0 radical (unpaired) electrons. The molecule has 1 amide bonds. The van der Waals surface area contributed by atoms with Gasteiger partial charge in [-0.3, -0.25) is 14.2 Å². The van der Waals surface area contributed by atoms with Crippen LogP contribution in [0.15, 0.2) is 58.5 Å². The number of anilines is 1. The summed E-state index contributed by atoms with van der Waals surface area (Å²) in [6.07, 6.45) is 0. The molecule has 1 N–H and O–H groups in total. The quantitative estimate of drug-likeness (QED) is 0.495. The lowest BCUT2D eigenvalue weighted by molar-refractivity contribution is -0.115. The lowest BCUT2D eigenvalue weighted by atomic mass is 10.2. The Morgan fingerprint density at radius 2 is 1.78 bits per heavy atom. The average Bonchev–Trinajstić information content (AvgIpc) is 2.63. The first-order chi connectivity index (χ1) is 12.9. The first-order valence-electron chi connectivity index (χ1n) is 8.61. The first-order valence-corrected chi connectivity index (χ1v) is 9.87. The minimum Gasteiger partial charge on any atom is -0.325 e. The van der Waals surface area contributed by atoms with Crippen LogP contribution < -0.4 is 10.9 Å².